The molecule has 1 aromatic carbocycles. The van der Waals surface area contributed by atoms with Gasteiger partial charge in [0.15, 0.2) is 0 Å². The molecular weight excluding hydrogens is 226 g/mol. The summed E-state index contributed by atoms with van der Waals surface area (Å²) in [5, 5.41) is 3.32. The fourth-order valence-corrected chi connectivity index (χ4v) is 1.84. The minimum atomic E-state index is -0.0335. The molecule has 3 nitrogen and oxygen atoms in total. The summed E-state index contributed by atoms with van der Waals surface area (Å²) < 4.78 is 5.33. The lowest BCUT2D eigenvalue weighted by atomic mass is 10.1. The smallest absolute Gasteiger partial charge is 0.309 e. The van der Waals surface area contributed by atoms with Crippen LogP contribution in [0.2, 0.25) is 0 Å². The molecule has 1 aliphatic carbocycles. The number of carbonyl (C=O) groups excluding carboxylic acids is 1. The molecule has 0 heterocycles. The summed E-state index contributed by atoms with van der Waals surface area (Å²) in [5.74, 6) is 0.170. The minimum absolute atomic E-state index is 0.0210. The van der Waals surface area contributed by atoms with E-state index in [-0.39, 0.29) is 18.0 Å². The molecule has 1 atom stereocenters. The normalized spacial score (nSPS) is 16.3. The Hall–Kier alpha value is -1.35. The molecule has 1 fully saturated rings. The number of rotatable bonds is 7. The molecule has 2 rings (SSSR count). The molecule has 98 valence electrons. The summed E-state index contributed by atoms with van der Waals surface area (Å²) >= 11 is 0. The molecule has 1 aliphatic rings. The van der Waals surface area contributed by atoms with E-state index in [0.717, 1.165) is 32.4 Å². The Morgan fingerprint density at radius 1 is 1.39 bits per heavy atom. The second-order valence-corrected chi connectivity index (χ2v) is 4.96. The van der Waals surface area contributed by atoms with E-state index >= 15 is 0 Å². The Balaban J connectivity index is 1.56. The average Bonchev–Trinajstić information content (AvgIpc) is 3.20. The van der Waals surface area contributed by atoms with Crippen molar-refractivity contribution in [2.24, 2.45) is 5.92 Å². The maximum absolute atomic E-state index is 11.4. The third-order valence-corrected chi connectivity index (χ3v) is 3.09. The van der Waals surface area contributed by atoms with Crippen molar-refractivity contribution in [3.05, 3.63) is 35.9 Å². The number of nitrogens with one attached hydrogen (secondary N) is 1. The van der Waals surface area contributed by atoms with E-state index in [0.29, 0.717) is 0 Å². The number of esters is 1. The zero-order chi connectivity index (χ0) is 12.8. The van der Waals surface area contributed by atoms with Gasteiger partial charge in [0.25, 0.3) is 0 Å². The van der Waals surface area contributed by atoms with Crippen LogP contribution in [0.3, 0.4) is 0 Å². The topological polar surface area (TPSA) is 38.3 Å². The highest BCUT2D eigenvalue weighted by atomic mass is 16.5. The lowest BCUT2D eigenvalue weighted by Crippen LogP contribution is -2.30. The second kappa shape index (κ2) is 6.55. The number of benzene rings is 1. The van der Waals surface area contributed by atoms with Crippen LogP contribution in [0.4, 0.5) is 0 Å². The summed E-state index contributed by atoms with van der Waals surface area (Å²) in [4.78, 5) is 11.4. The maximum atomic E-state index is 11.4. The number of hydrogen-bond donors (Lipinski definition) is 1. The van der Waals surface area contributed by atoms with Crippen LogP contribution in [0.15, 0.2) is 30.3 Å². The van der Waals surface area contributed by atoms with Gasteiger partial charge in [-0.25, -0.2) is 0 Å². The Morgan fingerprint density at radius 2 is 2.11 bits per heavy atom. The predicted octanol–water partition coefficient (Wildman–Crippen LogP) is 2.16. The predicted molar refractivity (Wildman–Crippen MR) is 71.3 cm³/mol. The lowest BCUT2D eigenvalue weighted by molar-refractivity contribution is -0.149. The third-order valence-electron chi connectivity index (χ3n) is 3.09. The van der Waals surface area contributed by atoms with Crippen LogP contribution in [0, 0.1) is 5.92 Å². The van der Waals surface area contributed by atoms with Crippen molar-refractivity contribution in [1.29, 1.82) is 0 Å². The maximum Gasteiger partial charge on any atom is 0.309 e. The molecule has 1 aromatic rings. The summed E-state index contributed by atoms with van der Waals surface area (Å²) in [5.41, 5.74) is 1.33. The SMILES string of the molecule is CC(CNCCc1ccccc1)OC(=O)C1CC1. The molecule has 3 heteroatoms. The Morgan fingerprint density at radius 3 is 2.78 bits per heavy atom. The molecule has 0 bridgehead atoms. The second-order valence-electron chi connectivity index (χ2n) is 4.96. The van der Waals surface area contributed by atoms with Gasteiger partial charge in [0, 0.05) is 6.54 Å². The van der Waals surface area contributed by atoms with Gasteiger partial charge in [-0.05, 0) is 38.3 Å². The molecule has 1 saturated carbocycles. The molecule has 1 N–H and O–H groups in total. The zero-order valence-corrected chi connectivity index (χ0v) is 10.9. The standard InChI is InChI=1S/C15H21NO2/c1-12(18-15(17)14-7-8-14)11-16-10-9-13-5-3-2-4-6-13/h2-6,12,14,16H,7-11H2,1H3. The molecular formula is C15H21NO2. The Bertz CT molecular complexity index is 373. The number of ether oxygens (including phenoxy) is 1. The van der Waals surface area contributed by atoms with Gasteiger partial charge in [-0.1, -0.05) is 30.3 Å². The highest BCUT2D eigenvalue weighted by Gasteiger charge is 2.32. The molecule has 0 saturated heterocycles. The molecule has 0 spiro atoms. The van der Waals surface area contributed by atoms with Crippen molar-refractivity contribution >= 4 is 5.97 Å². The largest absolute Gasteiger partial charge is 0.461 e. The first kappa shape index (κ1) is 13.1. The van der Waals surface area contributed by atoms with Crippen molar-refractivity contribution in [3.63, 3.8) is 0 Å². The van der Waals surface area contributed by atoms with Crippen molar-refractivity contribution in [3.8, 4) is 0 Å². The van der Waals surface area contributed by atoms with Crippen LogP contribution in [0.5, 0.6) is 0 Å². The summed E-state index contributed by atoms with van der Waals surface area (Å²) in [6.45, 7) is 3.58. The van der Waals surface area contributed by atoms with Gasteiger partial charge in [0.2, 0.25) is 0 Å². The van der Waals surface area contributed by atoms with E-state index in [1.807, 2.05) is 13.0 Å². The van der Waals surface area contributed by atoms with E-state index in [2.05, 4.69) is 29.6 Å². The lowest BCUT2D eigenvalue weighted by Gasteiger charge is -2.13. The fourth-order valence-electron chi connectivity index (χ4n) is 1.84. The molecule has 0 amide bonds. The molecule has 18 heavy (non-hydrogen) atoms. The minimum Gasteiger partial charge on any atom is -0.461 e. The van der Waals surface area contributed by atoms with E-state index in [1.165, 1.54) is 5.56 Å². The number of carbonyl (C=O) groups is 1. The quantitative estimate of drug-likeness (QED) is 0.593. The van der Waals surface area contributed by atoms with Crippen LogP contribution in [0.1, 0.15) is 25.3 Å². The first-order valence-electron chi connectivity index (χ1n) is 6.71. The van der Waals surface area contributed by atoms with Crippen LogP contribution >= 0.6 is 0 Å². The zero-order valence-electron chi connectivity index (χ0n) is 10.9. The van der Waals surface area contributed by atoms with Crippen LogP contribution in [-0.2, 0) is 16.0 Å². The monoisotopic (exact) mass is 247 g/mol. The third kappa shape index (κ3) is 4.49. The van der Waals surface area contributed by atoms with E-state index in [1.54, 1.807) is 0 Å². The van der Waals surface area contributed by atoms with Crippen molar-refractivity contribution in [2.75, 3.05) is 13.1 Å². The van der Waals surface area contributed by atoms with Crippen LogP contribution in [-0.4, -0.2) is 25.2 Å². The van der Waals surface area contributed by atoms with Crippen molar-refractivity contribution in [2.45, 2.75) is 32.3 Å². The van der Waals surface area contributed by atoms with Gasteiger partial charge in [-0.15, -0.1) is 0 Å². The average molecular weight is 247 g/mol. The molecule has 1 unspecified atom stereocenters. The fraction of sp³-hybridized carbons (Fsp3) is 0.533. The summed E-state index contributed by atoms with van der Waals surface area (Å²) in [7, 11) is 0. The van der Waals surface area contributed by atoms with Gasteiger partial charge in [0.05, 0.1) is 5.92 Å². The van der Waals surface area contributed by atoms with Gasteiger partial charge in [0.1, 0.15) is 6.10 Å². The van der Waals surface area contributed by atoms with Crippen molar-refractivity contribution < 1.29 is 9.53 Å². The highest BCUT2D eigenvalue weighted by molar-refractivity contribution is 5.75. The summed E-state index contributed by atoms with van der Waals surface area (Å²) in [6.07, 6.45) is 2.98. The Kier molecular flexibility index (Phi) is 4.76. The molecule has 0 aliphatic heterocycles. The first-order valence-corrected chi connectivity index (χ1v) is 6.71. The van der Waals surface area contributed by atoms with Crippen LogP contribution in [0.25, 0.3) is 0 Å². The van der Waals surface area contributed by atoms with Gasteiger partial charge < -0.3 is 10.1 Å². The van der Waals surface area contributed by atoms with E-state index in [9.17, 15) is 4.79 Å². The Labute approximate surface area is 109 Å². The molecule has 0 aromatic heterocycles. The number of hydrogen-bond acceptors (Lipinski definition) is 3. The first-order chi connectivity index (χ1) is 8.75. The summed E-state index contributed by atoms with van der Waals surface area (Å²) in [6, 6.07) is 10.4. The van der Waals surface area contributed by atoms with Crippen molar-refractivity contribution in [1.82, 2.24) is 5.32 Å². The van der Waals surface area contributed by atoms with E-state index in [4.69, 9.17) is 4.74 Å². The van der Waals surface area contributed by atoms with Gasteiger partial charge >= 0.3 is 5.97 Å². The van der Waals surface area contributed by atoms with Gasteiger partial charge in [-0.2, -0.15) is 0 Å². The highest BCUT2D eigenvalue weighted by Crippen LogP contribution is 2.30. The van der Waals surface area contributed by atoms with Crippen LogP contribution < -0.4 is 5.32 Å². The van der Waals surface area contributed by atoms with Gasteiger partial charge in [-0.3, -0.25) is 4.79 Å². The molecule has 0 radical (unpaired) electrons. The van der Waals surface area contributed by atoms with E-state index < -0.39 is 0 Å².